The molecule has 5 heteroatoms. The number of carbonyl (C=O) groups is 1. The summed E-state index contributed by atoms with van der Waals surface area (Å²) in [5, 5.41) is 5.79. The van der Waals surface area contributed by atoms with Crippen molar-refractivity contribution in [2.75, 3.05) is 0 Å². The molecule has 0 bridgehead atoms. The number of fused-ring (bicyclic) bond motifs is 1. The minimum absolute atomic E-state index is 0.133. The summed E-state index contributed by atoms with van der Waals surface area (Å²) in [5.74, 6) is -0.322. The Morgan fingerprint density at radius 2 is 1.78 bits per heavy atom. The predicted molar refractivity (Wildman–Crippen MR) is 88.7 cm³/mol. The zero-order valence-corrected chi connectivity index (χ0v) is 12.3. The molecule has 3 rings (SSSR count). The van der Waals surface area contributed by atoms with Crippen LogP contribution in [0.5, 0.6) is 0 Å². The third-order valence-electron chi connectivity index (χ3n) is 3.44. The van der Waals surface area contributed by atoms with Gasteiger partial charge in [-0.1, -0.05) is 47.6 Å². The summed E-state index contributed by atoms with van der Waals surface area (Å²) in [5.41, 5.74) is 7.32. The minimum atomic E-state index is -0.460. The molecule has 2 aromatic carbocycles. The molecule has 0 amide bonds. The number of oxime groups is 1. The van der Waals surface area contributed by atoms with Gasteiger partial charge in [-0.05, 0) is 28.5 Å². The van der Waals surface area contributed by atoms with Crippen LogP contribution in [0.15, 0.2) is 72.1 Å². The van der Waals surface area contributed by atoms with Gasteiger partial charge in [0.2, 0.25) is 0 Å². The summed E-state index contributed by atoms with van der Waals surface area (Å²) in [6, 6.07) is 17.1. The normalized spacial score (nSPS) is 11.4. The Hall–Kier alpha value is -3.21. The van der Waals surface area contributed by atoms with Gasteiger partial charge in [0.05, 0.1) is 6.42 Å². The SMILES string of the molecule is N/C(=N\OC(=O)Cc1cccc2ccccc12)c1ccncc1. The first-order chi connectivity index (χ1) is 11.2. The van der Waals surface area contributed by atoms with Crippen molar-refractivity contribution in [1.29, 1.82) is 0 Å². The number of hydrogen-bond donors (Lipinski definition) is 1. The number of amidine groups is 1. The van der Waals surface area contributed by atoms with Gasteiger partial charge in [-0.15, -0.1) is 0 Å². The molecule has 0 fully saturated rings. The van der Waals surface area contributed by atoms with Crippen LogP contribution in [0, 0.1) is 0 Å². The molecule has 1 aromatic heterocycles. The van der Waals surface area contributed by atoms with Gasteiger partial charge < -0.3 is 10.6 Å². The van der Waals surface area contributed by atoms with E-state index in [1.807, 2.05) is 42.5 Å². The topological polar surface area (TPSA) is 77.6 Å². The molecule has 0 unspecified atom stereocenters. The molecule has 0 atom stereocenters. The largest absolute Gasteiger partial charge is 0.380 e. The van der Waals surface area contributed by atoms with Crippen molar-refractivity contribution in [3.63, 3.8) is 0 Å². The minimum Gasteiger partial charge on any atom is -0.380 e. The maximum absolute atomic E-state index is 12.0. The Labute approximate surface area is 133 Å². The van der Waals surface area contributed by atoms with Crippen molar-refractivity contribution in [2.45, 2.75) is 6.42 Å². The van der Waals surface area contributed by atoms with Crippen molar-refractivity contribution >= 4 is 22.6 Å². The van der Waals surface area contributed by atoms with E-state index in [9.17, 15) is 4.79 Å². The number of hydrogen-bond acceptors (Lipinski definition) is 4. The van der Waals surface area contributed by atoms with Crippen molar-refractivity contribution in [3.05, 3.63) is 78.1 Å². The lowest BCUT2D eigenvalue weighted by Gasteiger charge is -2.05. The first kappa shape index (κ1) is 14.7. The van der Waals surface area contributed by atoms with Crippen LogP contribution in [0.2, 0.25) is 0 Å². The second kappa shape index (κ2) is 6.70. The van der Waals surface area contributed by atoms with Gasteiger partial charge in [-0.25, -0.2) is 4.79 Å². The molecular formula is C18H15N3O2. The summed E-state index contributed by atoms with van der Waals surface area (Å²) < 4.78 is 0. The number of carbonyl (C=O) groups excluding carboxylic acids is 1. The van der Waals surface area contributed by atoms with Crippen LogP contribution in [0.25, 0.3) is 10.8 Å². The molecule has 0 spiro atoms. The molecule has 1 heterocycles. The molecular weight excluding hydrogens is 290 g/mol. The molecule has 2 N–H and O–H groups in total. The predicted octanol–water partition coefficient (Wildman–Crippen LogP) is 2.64. The van der Waals surface area contributed by atoms with E-state index in [-0.39, 0.29) is 12.3 Å². The fourth-order valence-corrected chi connectivity index (χ4v) is 2.31. The van der Waals surface area contributed by atoms with Crippen molar-refractivity contribution < 1.29 is 9.63 Å². The van der Waals surface area contributed by atoms with E-state index >= 15 is 0 Å². The van der Waals surface area contributed by atoms with Crippen LogP contribution in [0.1, 0.15) is 11.1 Å². The van der Waals surface area contributed by atoms with Gasteiger partial charge in [-0.2, -0.15) is 0 Å². The van der Waals surface area contributed by atoms with E-state index in [1.165, 1.54) is 0 Å². The van der Waals surface area contributed by atoms with Crippen molar-refractivity contribution in [2.24, 2.45) is 10.9 Å². The number of benzene rings is 2. The molecule has 0 radical (unpaired) electrons. The van der Waals surface area contributed by atoms with Gasteiger partial charge in [0, 0.05) is 18.0 Å². The Morgan fingerprint density at radius 3 is 2.61 bits per heavy atom. The highest BCUT2D eigenvalue weighted by molar-refractivity contribution is 5.97. The zero-order chi connectivity index (χ0) is 16.1. The smallest absolute Gasteiger partial charge is 0.339 e. The van der Waals surface area contributed by atoms with Crippen LogP contribution in [0.3, 0.4) is 0 Å². The monoisotopic (exact) mass is 305 g/mol. The molecule has 0 aliphatic heterocycles. The van der Waals surface area contributed by atoms with Crippen LogP contribution in [-0.2, 0) is 16.1 Å². The standard InChI is InChI=1S/C18H15N3O2/c19-18(14-8-10-20-11-9-14)21-23-17(22)12-15-6-3-5-13-4-1-2-7-16(13)15/h1-11H,12H2,(H2,19,21). The lowest BCUT2D eigenvalue weighted by atomic mass is 10.0. The highest BCUT2D eigenvalue weighted by atomic mass is 16.7. The Bertz CT molecular complexity index is 855. The zero-order valence-electron chi connectivity index (χ0n) is 12.3. The first-order valence-electron chi connectivity index (χ1n) is 7.14. The van der Waals surface area contributed by atoms with Gasteiger partial charge in [0.1, 0.15) is 0 Å². The van der Waals surface area contributed by atoms with E-state index in [0.29, 0.717) is 5.56 Å². The molecule has 0 aliphatic rings. The van der Waals surface area contributed by atoms with Gasteiger partial charge in [0.25, 0.3) is 0 Å². The first-order valence-corrected chi connectivity index (χ1v) is 7.14. The van der Waals surface area contributed by atoms with E-state index in [0.717, 1.165) is 16.3 Å². The highest BCUT2D eigenvalue weighted by Gasteiger charge is 2.09. The third-order valence-corrected chi connectivity index (χ3v) is 3.44. The Balaban J connectivity index is 1.72. The number of nitrogens with two attached hydrogens (primary N) is 1. The van der Waals surface area contributed by atoms with Crippen LogP contribution >= 0.6 is 0 Å². The summed E-state index contributed by atoms with van der Waals surface area (Å²) in [6.45, 7) is 0. The number of aromatic nitrogens is 1. The summed E-state index contributed by atoms with van der Waals surface area (Å²) in [4.78, 5) is 20.8. The van der Waals surface area contributed by atoms with E-state index in [2.05, 4.69) is 10.1 Å². The fraction of sp³-hybridized carbons (Fsp3) is 0.0556. The number of nitrogens with zero attached hydrogens (tertiary/aromatic N) is 2. The number of rotatable bonds is 4. The molecule has 23 heavy (non-hydrogen) atoms. The van der Waals surface area contributed by atoms with Gasteiger partial charge in [-0.3, -0.25) is 4.98 Å². The van der Waals surface area contributed by atoms with E-state index in [1.54, 1.807) is 24.5 Å². The molecule has 0 aliphatic carbocycles. The molecule has 5 nitrogen and oxygen atoms in total. The van der Waals surface area contributed by atoms with Crippen molar-refractivity contribution in [3.8, 4) is 0 Å². The molecule has 0 saturated carbocycles. The lowest BCUT2D eigenvalue weighted by molar-refractivity contribution is -0.142. The summed E-state index contributed by atoms with van der Waals surface area (Å²) >= 11 is 0. The van der Waals surface area contributed by atoms with Crippen LogP contribution in [0.4, 0.5) is 0 Å². The average molecular weight is 305 g/mol. The third kappa shape index (κ3) is 3.52. The molecule has 3 aromatic rings. The second-order valence-electron chi connectivity index (χ2n) is 4.99. The fourth-order valence-electron chi connectivity index (χ4n) is 2.31. The Morgan fingerprint density at radius 1 is 1.04 bits per heavy atom. The maximum Gasteiger partial charge on any atom is 0.339 e. The number of pyridine rings is 1. The lowest BCUT2D eigenvalue weighted by Crippen LogP contribution is -2.15. The van der Waals surface area contributed by atoms with Crippen LogP contribution in [-0.4, -0.2) is 16.8 Å². The van der Waals surface area contributed by atoms with E-state index < -0.39 is 5.97 Å². The summed E-state index contributed by atoms with van der Waals surface area (Å²) in [7, 11) is 0. The van der Waals surface area contributed by atoms with Gasteiger partial charge in [0.15, 0.2) is 5.84 Å². The molecule has 114 valence electrons. The van der Waals surface area contributed by atoms with Gasteiger partial charge >= 0.3 is 5.97 Å². The molecule has 0 saturated heterocycles. The quantitative estimate of drug-likeness (QED) is 0.348. The van der Waals surface area contributed by atoms with Crippen molar-refractivity contribution in [1.82, 2.24) is 4.98 Å². The average Bonchev–Trinajstić information content (AvgIpc) is 2.61. The maximum atomic E-state index is 12.0. The second-order valence-corrected chi connectivity index (χ2v) is 4.99. The summed E-state index contributed by atoms with van der Waals surface area (Å²) in [6.07, 6.45) is 3.32. The highest BCUT2D eigenvalue weighted by Crippen LogP contribution is 2.19. The van der Waals surface area contributed by atoms with Crippen LogP contribution < -0.4 is 5.73 Å². The Kier molecular flexibility index (Phi) is 4.29. The van der Waals surface area contributed by atoms with E-state index in [4.69, 9.17) is 10.6 Å².